The van der Waals surface area contributed by atoms with Gasteiger partial charge in [0.25, 0.3) is 0 Å². The summed E-state index contributed by atoms with van der Waals surface area (Å²) in [7, 11) is -2.24. The summed E-state index contributed by atoms with van der Waals surface area (Å²) < 4.78 is 48.6. The second kappa shape index (κ2) is 8.27. The summed E-state index contributed by atoms with van der Waals surface area (Å²) in [5.41, 5.74) is 7.25. The van der Waals surface area contributed by atoms with E-state index in [-0.39, 0.29) is 42.0 Å². The molecule has 0 aliphatic carbocycles. The van der Waals surface area contributed by atoms with Crippen molar-refractivity contribution in [3.63, 3.8) is 0 Å². The molecule has 3 N–H and O–H groups in total. The average molecular weight is 519 g/mol. The van der Waals surface area contributed by atoms with Crippen LogP contribution in [0.15, 0.2) is 18.3 Å². The lowest BCUT2D eigenvalue weighted by Gasteiger charge is -2.32. The van der Waals surface area contributed by atoms with Crippen LogP contribution in [0, 0.1) is 12.7 Å². The maximum Gasteiger partial charge on any atom is 0.223 e. The van der Waals surface area contributed by atoms with Crippen LogP contribution in [0.3, 0.4) is 0 Å². The second-order valence-corrected chi connectivity index (χ2v) is 11.9. The molecule has 4 aromatic rings. The number of methoxy groups -OCH3 is 1. The number of sulfone groups is 1. The lowest BCUT2D eigenvalue weighted by molar-refractivity contribution is 0.0571. The zero-order valence-electron chi connectivity index (χ0n) is 20.3. The van der Waals surface area contributed by atoms with Crippen LogP contribution in [0.25, 0.3) is 16.6 Å². The number of rotatable bonds is 5. The highest BCUT2D eigenvalue weighted by molar-refractivity contribution is 7.91. The van der Waals surface area contributed by atoms with Crippen LogP contribution in [0.4, 0.5) is 16.0 Å². The fourth-order valence-electron chi connectivity index (χ4n) is 4.46. The molecular weight excluding hydrogens is 491 g/mol. The van der Waals surface area contributed by atoms with Gasteiger partial charge in [0, 0.05) is 24.5 Å². The highest BCUT2D eigenvalue weighted by atomic mass is 32.2. The Bertz CT molecular complexity index is 1590. The van der Waals surface area contributed by atoms with Gasteiger partial charge in [-0.1, -0.05) is 0 Å². The smallest absolute Gasteiger partial charge is 0.223 e. The van der Waals surface area contributed by atoms with E-state index in [9.17, 15) is 17.9 Å². The Morgan fingerprint density at radius 1 is 1.31 bits per heavy atom. The quantitative estimate of drug-likeness (QED) is 0.395. The highest BCUT2D eigenvalue weighted by Crippen LogP contribution is 2.33. The van der Waals surface area contributed by atoms with Gasteiger partial charge in [-0.05, 0) is 26.8 Å². The lowest BCUT2D eigenvalue weighted by Crippen LogP contribution is -2.43. The number of fused-ring (bicyclic) bond motifs is 3. The number of benzene rings is 1. The third kappa shape index (κ3) is 4.09. The molecule has 1 saturated heterocycles. The minimum Gasteiger partial charge on any atom is -0.494 e. The van der Waals surface area contributed by atoms with Crippen LogP contribution in [0.5, 0.6) is 5.75 Å². The molecule has 4 heterocycles. The number of halogens is 1. The molecule has 0 saturated carbocycles. The first-order valence-corrected chi connectivity index (χ1v) is 13.0. The molecule has 0 radical (unpaired) electrons. The van der Waals surface area contributed by atoms with E-state index in [4.69, 9.17) is 10.5 Å². The lowest BCUT2D eigenvalue weighted by atomic mass is 10.1. The number of aromatic nitrogens is 6. The molecule has 192 valence electrons. The summed E-state index contributed by atoms with van der Waals surface area (Å²) in [5, 5.41) is 18.2. The first-order chi connectivity index (χ1) is 16.9. The number of anilines is 2. The number of nitrogens with zero attached hydrogens (tertiary/aromatic N) is 7. The Labute approximate surface area is 206 Å². The Balaban J connectivity index is 1.56. The summed E-state index contributed by atoms with van der Waals surface area (Å²) in [6.07, 6.45) is 1.67. The predicted molar refractivity (Wildman–Crippen MR) is 131 cm³/mol. The largest absolute Gasteiger partial charge is 0.494 e. The Kier molecular flexibility index (Phi) is 5.55. The van der Waals surface area contributed by atoms with Gasteiger partial charge in [0.05, 0.1) is 48.1 Å². The van der Waals surface area contributed by atoms with Crippen LogP contribution >= 0.6 is 0 Å². The van der Waals surface area contributed by atoms with Crippen molar-refractivity contribution in [3.05, 3.63) is 35.7 Å². The maximum atomic E-state index is 14.4. The van der Waals surface area contributed by atoms with E-state index in [1.165, 1.54) is 23.8 Å². The molecule has 1 aliphatic heterocycles. The molecule has 3 aromatic heterocycles. The average Bonchev–Trinajstić information content (AvgIpc) is 3.38. The second-order valence-electron chi connectivity index (χ2n) is 9.57. The molecule has 1 aliphatic rings. The van der Waals surface area contributed by atoms with Crippen molar-refractivity contribution in [2.75, 3.05) is 36.6 Å². The highest BCUT2D eigenvalue weighted by Gasteiger charge is 2.38. The fourth-order valence-corrected chi connectivity index (χ4v) is 6.05. The number of aliphatic hydroxyl groups is 1. The first-order valence-electron chi connectivity index (χ1n) is 11.3. The third-order valence-electron chi connectivity index (χ3n) is 6.29. The molecule has 1 atom stereocenters. The van der Waals surface area contributed by atoms with Crippen LogP contribution in [-0.4, -0.2) is 74.4 Å². The van der Waals surface area contributed by atoms with Crippen molar-refractivity contribution < 1.29 is 22.7 Å². The van der Waals surface area contributed by atoms with Crippen LogP contribution in [0.1, 0.15) is 30.6 Å². The van der Waals surface area contributed by atoms with Gasteiger partial charge < -0.3 is 20.5 Å². The number of nitrogens with two attached hydrogens (primary N) is 1. The predicted octanol–water partition coefficient (Wildman–Crippen LogP) is 1.26. The van der Waals surface area contributed by atoms with Gasteiger partial charge in [-0.25, -0.2) is 22.8 Å². The van der Waals surface area contributed by atoms with E-state index in [0.717, 1.165) is 11.4 Å². The van der Waals surface area contributed by atoms with Gasteiger partial charge in [0.15, 0.2) is 32.9 Å². The molecule has 0 spiro atoms. The maximum absolute atomic E-state index is 14.4. The van der Waals surface area contributed by atoms with Crippen molar-refractivity contribution in [2.24, 2.45) is 0 Å². The van der Waals surface area contributed by atoms with Crippen molar-refractivity contribution in [1.82, 2.24) is 29.4 Å². The molecule has 0 unspecified atom stereocenters. The summed E-state index contributed by atoms with van der Waals surface area (Å²) in [5.74, 6) is -0.677. The number of nitrogen functional groups attached to an aromatic ring is 1. The van der Waals surface area contributed by atoms with E-state index in [1.54, 1.807) is 24.7 Å². The number of ether oxygens (including phenoxy) is 1. The summed E-state index contributed by atoms with van der Waals surface area (Å²) in [6, 6.07) is 2.62. The van der Waals surface area contributed by atoms with Gasteiger partial charge in [0.2, 0.25) is 5.95 Å². The normalized spacial score (nSPS) is 18.3. The van der Waals surface area contributed by atoms with Crippen molar-refractivity contribution in [3.8, 4) is 5.75 Å². The van der Waals surface area contributed by atoms with Gasteiger partial charge in [0.1, 0.15) is 5.25 Å². The van der Waals surface area contributed by atoms with Crippen LogP contribution in [0.2, 0.25) is 0 Å². The standard InChI is InChI=1S/C22H27FN8O4S/c1-12-16(9-25-30(12)11-22(2,3)32)29-5-6-36(33,34)18(10-29)19-27-20-13-7-14(23)17(35-4)8-15(13)26-21(24)31(20)28-19/h7-9,18,32H,5-6,10-11H2,1-4H3,(H2,24,26)/t18-/m1/s1. The molecule has 5 rings (SSSR count). The number of hydrogen-bond donors (Lipinski definition) is 2. The monoisotopic (exact) mass is 518 g/mol. The molecule has 1 aromatic carbocycles. The van der Waals surface area contributed by atoms with Crippen molar-refractivity contribution >= 4 is 38.0 Å². The molecule has 0 bridgehead atoms. The fraction of sp³-hybridized carbons (Fsp3) is 0.455. The van der Waals surface area contributed by atoms with E-state index < -0.39 is 26.5 Å². The minimum atomic E-state index is -3.59. The molecule has 14 heteroatoms. The zero-order chi connectivity index (χ0) is 26.0. The first kappa shape index (κ1) is 24.2. The molecule has 12 nitrogen and oxygen atoms in total. The van der Waals surface area contributed by atoms with Gasteiger partial charge >= 0.3 is 0 Å². The Hall–Kier alpha value is -3.52. The van der Waals surface area contributed by atoms with E-state index in [0.29, 0.717) is 17.4 Å². The molecule has 1 fully saturated rings. The summed E-state index contributed by atoms with van der Waals surface area (Å²) in [4.78, 5) is 10.7. The Morgan fingerprint density at radius 2 is 2.06 bits per heavy atom. The van der Waals surface area contributed by atoms with Crippen LogP contribution < -0.4 is 15.4 Å². The van der Waals surface area contributed by atoms with E-state index >= 15 is 0 Å². The third-order valence-corrected chi connectivity index (χ3v) is 8.27. The number of hydrogen-bond acceptors (Lipinski definition) is 10. The molecule has 0 amide bonds. The minimum absolute atomic E-state index is 0.00416. The van der Waals surface area contributed by atoms with Gasteiger partial charge in [-0.15, -0.1) is 5.10 Å². The summed E-state index contributed by atoms with van der Waals surface area (Å²) in [6.45, 7) is 5.93. The van der Waals surface area contributed by atoms with Gasteiger partial charge in [-0.2, -0.15) is 9.61 Å². The van der Waals surface area contributed by atoms with Crippen LogP contribution in [-0.2, 0) is 16.4 Å². The molecule has 36 heavy (non-hydrogen) atoms. The van der Waals surface area contributed by atoms with Crippen molar-refractivity contribution in [1.29, 1.82) is 0 Å². The summed E-state index contributed by atoms with van der Waals surface area (Å²) >= 11 is 0. The Morgan fingerprint density at radius 3 is 2.75 bits per heavy atom. The van der Waals surface area contributed by atoms with Crippen molar-refractivity contribution in [2.45, 2.75) is 38.2 Å². The van der Waals surface area contributed by atoms with E-state index in [1.807, 2.05) is 11.8 Å². The SMILES string of the molecule is COc1cc2nc(N)n3nc([C@H]4CN(c5cnn(CC(C)(C)O)c5C)CCS4(=O)=O)nc3c2cc1F. The van der Waals surface area contributed by atoms with Gasteiger partial charge in [-0.3, -0.25) is 4.68 Å². The topological polar surface area (TPSA) is 154 Å². The van der Waals surface area contributed by atoms with E-state index in [2.05, 4.69) is 20.2 Å². The molecular formula is C22H27FN8O4S. The zero-order valence-corrected chi connectivity index (χ0v) is 21.1.